The molecule has 0 spiro atoms. The Morgan fingerprint density at radius 3 is 1.81 bits per heavy atom. The van der Waals surface area contributed by atoms with E-state index in [0.717, 1.165) is 11.1 Å². The molecule has 0 heterocycles. The molecular weight excluding hydrogens is 631 g/mol. The third-order valence-electron chi connectivity index (χ3n) is 7.35. The van der Waals surface area contributed by atoms with Crippen LogP contribution >= 0.6 is 7.37 Å². The molecule has 0 aliphatic rings. The van der Waals surface area contributed by atoms with Crippen molar-refractivity contribution in [3.05, 3.63) is 115 Å². The number of hydrogen-bond acceptors (Lipinski definition) is 7. The summed E-state index contributed by atoms with van der Waals surface area (Å²) in [5.74, 6) is -2.99. The predicted molar refractivity (Wildman–Crippen MR) is 184 cm³/mol. The number of aliphatic carboxylic acids is 1. The molecule has 4 aromatic carbocycles. The Morgan fingerprint density at radius 1 is 0.708 bits per heavy atom. The number of rotatable bonds is 17. The van der Waals surface area contributed by atoms with Crippen molar-refractivity contribution in [2.75, 3.05) is 13.2 Å². The molecule has 4 aromatic rings. The Morgan fingerprint density at radius 2 is 1.25 bits per heavy atom. The van der Waals surface area contributed by atoms with Gasteiger partial charge in [0.2, 0.25) is 5.91 Å². The highest BCUT2D eigenvalue weighted by Gasteiger charge is 2.33. The lowest BCUT2D eigenvalue weighted by Crippen LogP contribution is -2.53. The van der Waals surface area contributed by atoms with E-state index in [0.29, 0.717) is 16.4 Å². The van der Waals surface area contributed by atoms with Gasteiger partial charge in [0, 0.05) is 16.2 Å². The molecule has 0 saturated carbocycles. The fourth-order valence-electron chi connectivity index (χ4n) is 5.02. The lowest BCUT2D eigenvalue weighted by atomic mass is 10.0. The summed E-state index contributed by atoms with van der Waals surface area (Å²) in [6.45, 7) is 2.61. The first-order chi connectivity index (χ1) is 23.1. The largest absolute Gasteiger partial charge is 0.483 e. The molecule has 250 valence electrons. The molecule has 3 N–H and O–H groups in total. The van der Waals surface area contributed by atoms with Crippen LogP contribution in [0.1, 0.15) is 26.7 Å². The van der Waals surface area contributed by atoms with Gasteiger partial charge in [0.05, 0.1) is 6.42 Å². The standard InChI is InChI=1S/C37H39N2O8P/c1-26(2)22-32(38-35(41)25-46-34-21-13-12-20-30(34)27-14-6-3-7-15-27)37(44)39-31(23-36(42)43)33(40)24-47-48(45,28-16-8-4-9-17-28)29-18-10-5-11-19-29/h3-21,26,31-32H,22-25H2,1-2H3,(H,38,41)(H,39,44)(H,42,43). The maximum atomic E-state index is 14.2. The van der Waals surface area contributed by atoms with Crippen LogP contribution in [0.5, 0.6) is 5.75 Å². The van der Waals surface area contributed by atoms with E-state index in [-0.39, 0.29) is 18.9 Å². The predicted octanol–water partition coefficient (Wildman–Crippen LogP) is 4.74. The molecule has 0 aromatic heterocycles. The average Bonchev–Trinajstić information content (AvgIpc) is 3.09. The van der Waals surface area contributed by atoms with Crippen molar-refractivity contribution >= 4 is 41.5 Å². The highest BCUT2D eigenvalue weighted by Crippen LogP contribution is 2.44. The van der Waals surface area contributed by atoms with Crippen molar-refractivity contribution < 1.29 is 38.1 Å². The third-order valence-corrected chi connectivity index (χ3v) is 9.80. The van der Waals surface area contributed by atoms with Crippen LogP contribution < -0.4 is 26.0 Å². The van der Waals surface area contributed by atoms with E-state index in [1.165, 1.54) is 0 Å². The van der Waals surface area contributed by atoms with E-state index in [4.69, 9.17) is 9.26 Å². The van der Waals surface area contributed by atoms with Crippen molar-refractivity contribution in [1.29, 1.82) is 0 Å². The van der Waals surface area contributed by atoms with Gasteiger partial charge in [0.15, 0.2) is 12.4 Å². The van der Waals surface area contributed by atoms with Crippen LogP contribution in [0.25, 0.3) is 11.1 Å². The molecular formula is C37H39N2O8P. The topological polar surface area (TPSA) is 148 Å². The van der Waals surface area contributed by atoms with Crippen molar-refractivity contribution in [2.45, 2.75) is 38.8 Å². The van der Waals surface area contributed by atoms with Gasteiger partial charge in [0.25, 0.3) is 13.3 Å². The van der Waals surface area contributed by atoms with E-state index in [1.807, 2.05) is 56.3 Å². The van der Waals surface area contributed by atoms with Gasteiger partial charge in [0.1, 0.15) is 24.4 Å². The molecule has 2 atom stereocenters. The molecule has 10 nitrogen and oxygen atoms in total. The molecule has 2 amide bonds. The van der Waals surface area contributed by atoms with Gasteiger partial charge in [-0.25, -0.2) is 0 Å². The Labute approximate surface area is 279 Å². The van der Waals surface area contributed by atoms with E-state index in [2.05, 4.69) is 10.6 Å². The van der Waals surface area contributed by atoms with Gasteiger partial charge in [-0.3, -0.25) is 23.7 Å². The van der Waals surface area contributed by atoms with Crippen LogP contribution in [0.15, 0.2) is 115 Å². The maximum Gasteiger partial charge on any atom is 0.305 e. The molecule has 4 rings (SSSR count). The van der Waals surface area contributed by atoms with Gasteiger partial charge in [-0.1, -0.05) is 98.8 Å². The minimum absolute atomic E-state index is 0.0413. The van der Waals surface area contributed by atoms with Gasteiger partial charge < -0.3 is 25.0 Å². The Balaban J connectivity index is 1.44. The summed E-state index contributed by atoms with van der Waals surface area (Å²) in [7, 11) is -3.75. The highest BCUT2D eigenvalue weighted by molar-refractivity contribution is 7.74. The second-order valence-electron chi connectivity index (χ2n) is 11.5. The Kier molecular flexibility index (Phi) is 12.8. The molecule has 0 fully saturated rings. The number of carboxylic acids is 1. The first-order valence-corrected chi connectivity index (χ1v) is 17.2. The lowest BCUT2D eigenvalue weighted by molar-refractivity contribution is -0.141. The normalized spacial score (nSPS) is 12.5. The number of nitrogens with one attached hydrogen (secondary N) is 2. The molecule has 0 radical (unpaired) electrons. The highest BCUT2D eigenvalue weighted by atomic mass is 31.2. The zero-order chi connectivity index (χ0) is 34.5. The fraction of sp³-hybridized carbons (Fsp3) is 0.243. The number of ether oxygens (including phenoxy) is 1. The van der Waals surface area contributed by atoms with Gasteiger partial charge in [-0.2, -0.15) is 0 Å². The third kappa shape index (κ3) is 9.97. The van der Waals surface area contributed by atoms with Crippen LogP contribution in [0.4, 0.5) is 0 Å². The first-order valence-electron chi connectivity index (χ1n) is 15.5. The Bertz CT molecular complexity index is 1690. The molecule has 0 bridgehead atoms. The summed E-state index contributed by atoms with van der Waals surface area (Å²) in [5.41, 5.74) is 1.70. The summed E-state index contributed by atoms with van der Waals surface area (Å²) in [6.07, 6.45) is -0.531. The summed E-state index contributed by atoms with van der Waals surface area (Å²) in [5, 5.41) is 15.4. The van der Waals surface area contributed by atoms with Crippen LogP contribution in [0.3, 0.4) is 0 Å². The molecule has 0 saturated heterocycles. The lowest BCUT2D eigenvalue weighted by Gasteiger charge is -2.24. The van der Waals surface area contributed by atoms with Crippen LogP contribution in [-0.2, 0) is 28.3 Å². The molecule has 11 heteroatoms. The van der Waals surface area contributed by atoms with Crippen molar-refractivity contribution in [1.82, 2.24) is 10.6 Å². The van der Waals surface area contributed by atoms with E-state index >= 15 is 0 Å². The van der Waals surface area contributed by atoms with Gasteiger partial charge >= 0.3 is 5.97 Å². The van der Waals surface area contributed by atoms with Crippen LogP contribution in [0.2, 0.25) is 0 Å². The first kappa shape index (κ1) is 35.8. The zero-order valence-electron chi connectivity index (χ0n) is 26.8. The smallest absolute Gasteiger partial charge is 0.305 e. The summed E-state index contributed by atoms with van der Waals surface area (Å²) in [6, 6.07) is 31.0. The number of Topliss-reactive ketones (excluding diaryl/α,β-unsaturated/α-hetero) is 1. The summed E-state index contributed by atoms with van der Waals surface area (Å²) in [4.78, 5) is 51.6. The van der Waals surface area contributed by atoms with E-state index in [9.17, 15) is 28.8 Å². The van der Waals surface area contributed by atoms with Crippen LogP contribution in [0, 0.1) is 5.92 Å². The molecule has 0 aliphatic carbocycles. The molecule has 0 aliphatic heterocycles. The Hall–Kier alpha value is -5.05. The minimum Gasteiger partial charge on any atom is -0.483 e. The number of carbonyl (C=O) groups excluding carboxylic acids is 3. The second kappa shape index (κ2) is 17.2. The number of para-hydroxylation sites is 1. The van der Waals surface area contributed by atoms with Gasteiger partial charge in [-0.05, 0) is 48.2 Å². The van der Waals surface area contributed by atoms with Gasteiger partial charge in [-0.15, -0.1) is 0 Å². The molecule has 48 heavy (non-hydrogen) atoms. The molecule has 2 unspecified atom stereocenters. The van der Waals surface area contributed by atoms with E-state index in [1.54, 1.807) is 72.8 Å². The maximum absolute atomic E-state index is 14.2. The van der Waals surface area contributed by atoms with Crippen LogP contribution in [-0.4, -0.2) is 54.0 Å². The summed E-state index contributed by atoms with van der Waals surface area (Å²) < 4.78 is 25.8. The number of benzene rings is 4. The monoisotopic (exact) mass is 670 g/mol. The zero-order valence-corrected chi connectivity index (χ0v) is 27.7. The number of carboxylic acid groups (broad SMARTS) is 1. The SMILES string of the molecule is CC(C)CC(NC(=O)COc1ccccc1-c1ccccc1)C(=O)NC(CC(=O)O)C(=O)COP(=O)(c1ccccc1)c1ccccc1. The number of amides is 2. The second-order valence-corrected chi connectivity index (χ2v) is 13.9. The fourth-order valence-corrected chi connectivity index (χ4v) is 7.06. The van der Waals surface area contributed by atoms with E-state index < -0.39 is 56.0 Å². The quantitative estimate of drug-likeness (QED) is 0.137. The number of carbonyl (C=O) groups is 4. The number of ketones is 1. The minimum atomic E-state index is -3.75. The summed E-state index contributed by atoms with van der Waals surface area (Å²) >= 11 is 0. The number of hydrogen-bond donors (Lipinski definition) is 3. The van der Waals surface area contributed by atoms with Crippen molar-refractivity contribution in [3.63, 3.8) is 0 Å². The van der Waals surface area contributed by atoms with Crippen molar-refractivity contribution in [2.24, 2.45) is 5.92 Å². The van der Waals surface area contributed by atoms with Crippen molar-refractivity contribution in [3.8, 4) is 16.9 Å². The average molecular weight is 671 g/mol.